The Balaban J connectivity index is 1.33. The van der Waals surface area contributed by atoms with Crippen LogP contribution in [0.1, 0.15) is 12.5 Å². The van der Waals surface area contributed by atoms with Crippen molar-refractivity contribution in [1.29, 1.82) is 0 Å². The Kier molecular flexibility index (Phi) is 5.43. The molecule has 6 nitrogen and oxygen atoms in total. The zero-order valence-electron chi connectivity index (χ0n) is 16.0. The monoisotopic (exact) mass is 417 g/mol. The molecule has 1 saturated heterocycles. The van der Waals surface area contributed by atoms with Crippen molar-refractivity contribution in [3.05, 3.63) is 52.8 Å². The third kappa shape index (κ3) is 4.36. The number of nitrogens with one attached hydrogen (secondary N) is 1. The molecule has 2 heterocycles. The Morgan fingerprint density at radius 2 is 2.10 bits per heavy atom. The number of piperazine rings is 1. The van der Waals surface area contributed by atoms with Gasteiger partial charge < -0.3 is 15.0 Å². The van der Waals surface area contributed by atoms with Crippen molar-refractivity contribution in [1.82, 2.24) is 4.90 Å². The number of benzene rings is 2. The van der Waals surface area contributed by atoms with E-state index in [9.17, 15) is 14.0 Å². The van der Waals surface area contributed by atoms with Crippen molar-refractivity contribution < 1.29 is 18.7 Å². The van der Waals surface area contributed by atoms with Gasteiger partial charge in [-0.1, -0.05) is 17.7 Å². The van der Waals surface area contributed by atoms with E-state index >= 15 is 0 Å². The van der Waals surface area contributed by atoms with Crippen LogP contribution in [-0.4, -0.2) is 49.0 Å². The first-order valence-corrected chi connectivity index (χ1v) is 9.84. The second-order valence-corrected chi connectivity index (χ2v) is 7.79. The van der Waals surface area contributed by atoms with Gasteiger partial charge in [0.2, 0.25) is 5.91 Å². The van der Waals surface area contributed by atoms with Gasteiger partial charge >= 0.3 is 5.97 Å². The predicted octanol–water partition coefficient (Wildman–Crippen LogP) is 3.09. The Morgan fingerprint density at radius 1 is 1.28 bits per heavy atom. The van der Waals surface area contributed by atoms with E-state index in [2.05, 4.69) is 15.1 Å². The number of rotatable bonds is 4. The Morgan fingerprint density at radius 3 is 2.86 bits per heavy atom. The number of nitrogens with zero attached hydrogens (tertiary/aromatic N) is 2. The number of hydrogen-bond donors (Lipinski definition) is 1. The van der Waals surface area contributed by atoms with E-state index in [-0.39, 0.29) is 35.9 Å². The summed E-state index contributed by atoms with van der Waals surface area (Å²) >= 11 is 5.76. The summed E-state index contributed by atoms with van der Waals surface area (Å²) in [6, 6.07) is 10.2. The van der Waals surface area contributed by atoms with Crippen LogP contribution in [0.3, 0.4) is 0 Å². The van der Waals surface area contributed by atoms with E-state index in [1.165, 1.54) is 6.07 Å². The summed E-state index contributed by atoms with van der Waals surface area (Å²) in [6.45, 7) is 4.35. The number of carbonyl (C=O) groups is 2. The van der Waals surface area contributed by atoms with E-state index in [1.54, 1.807) is 30.3 Å². The molecule has 0 spiro atoms. The smallest absolute Gasteiger partial charge is 0.315 e. The van der Waals surface area contributed by atoms with Crippen molar-refractivity contribution in [2.45, 2.75) is 19.4 Å². The van der Waals surface area contributed by atoms with Crippen LogP contribution in [0, 0.1) is 5.82 Å². The van der Waals surface area contributed by atoms with Crippen LogP contribution in [0.4, 0.5) is 15.8 Å². The summed E-state index contributed by atoms with van der Waals surface area (Å²) in [6.07, 6.45) is 0.267. The number of anilines is 2. The zero-order chi connectivity index (χ0) is 20.5. The van der Waals surface area contributed by atoms with E-state index in [0.717, 1.165) is 11.3 Å². The second-order valence-electron chi connectivity index (χ2n) is 7.39. The molecule has 0 aromatic heterocycles. The number of esters is 1. The van der Waals surface area contributed by atoms with Gasteiger partial charge in [-0.15, -0.1) is 0 Å². The standard InChI is InChI=1S/C21H21ClFN3O3/c1-13-11-26(16-4-5-17(22)18(23)10-16)7-6-25(13)12-20(27)24-15-3-2-14-8-21(28)29-19(14)9-15/h2-5,9-10,13H,6-8,11-12H2,1H3,(H,24,27)/t13-/m1/s1. The van der Waals surface area contributed by atoms with Crippen LogP contribution < -0.4 is 15.0 Å². The molecule has 4 rings (SSSR count). The Bertz CT molecular complexity index is 968. The largest absolute Gasteiger partial charge is 0.426 e. The highest BCUT2D eigenvalue weighted by atomic mass is 35.5. The summed E-state index contributed by atoms with van der Waals surface area (Å²) < 4.78 is 18.9. The quantitative estimate of drug-likeness (QED) is 0.612. The highest BCUT2D eigenvalue weighted by Crippen LogP contribution is 2.29. The van der Waals surface area contributed by atoms with Crippen molar-refractivity contribution in [2.75, 3.05) is 36.4 Å². The average molecular weight is 418 g/mol. The molecule has 2 aromatic rings. The first-order valence-electron chi connectivity index (χ1n) is 9.46. The van der Waals surface area contributed by atoms with Gasteiger partial charge in [0.15, 0.2) is 0 Å². The second kappa shape index (κ2) is 8.00. The number of carbonyl (C=O) groups excluding carboxylic acids is 2. The molecule has 2 aliphatic rings. The normalized spacial score (nSPS) is 19.1. The Labute approximate surface area is 173 Å². The summed E-state index contributed by atoms with van der Waals surface area (Å²) in [7, 11) is 0. The number of fused-ring (bicyclic) bond motifs is 1. The van der Waals surface area contributed by atoms with Crippen molar-refractivity contribution in [2.24, 2.45) is 0 Å². The highest BCUT2D eigenvalue weighted by molar-refractivity contribution is 6.30. The average Bonchev–Trinajstić information content (AvgIpc) is 3.05. The van der Waals surface area contributed by atoms with Gasteiger partial charge in [-0.25, -0.2) is 4.39 Å². The maximum Gasteiger partial charge on any atom is 0.315 e. The molecule has 2 aromatic carbocycles. The number of amides is 1. The van der Waals surface area contributed by atoms with Gasteiger partial charge in [0, 0.05) is 48.7 Å². The summed E-state index contributed by atoms with van der Waals surface area (Å²) in [4.78, 5) is 28.0. The molecule has 8 heteroatoms. The zero-order valence-corrected chi connectivity index (χ0v) is 16.7. The molecule has 0 aliphatic carbocycles. The van der Waals surface area contributed by atoms with Gasteiger partial charge in [0.25, 0.3) is 0 Å². The number of hydrogen-bond acceptors (Lipinski definition) is 5. The molecular weight excluding hydrogens is 397 g/mol. The third-order valence-electron chi connectivity index (χ3n) is 5.29. The summed E-state index contributed by atoms with van der Waals surface area (Å²) in [5.41, 5.74) is 2.22. The first-order chi connectivity index (χ1) is 13.9. The predicted molar refractivity (Wildman–Crippen MR) is 109 cm³/mol. The maximum atomic E-state index is 13.7. The summed E-state index contributed by atoms with van der Waals surface area (Å²) in [5, 5.41) is 2.97. The minimum Gasteiger partial charge on any atom is -0.426 e. The Hall–Kier alpha value is -2.64. The molecule has 1 N–H and O–H groups in total. The van der Waals surface area contributed by atoms with E-state index in [1.807, 2.05) is 6.92 Å². The van der Waals surface area contributed by atoms with Crippen molar-refractivity contribution in [3.8, 4) is 5.75 Å². The first kappa shape index (κ1) is 19.7. The van der Waals surface area contributed by atoms with Crippen molar-refractivity contribution in [3.63, 3.8) is 0 Å². The van der Waals surface area contributed by atoms with Crippen LogP contribution in [0.5, 0.6) is 5.75 Å². The maximum absolute atomic E-state index is 13.7. The minimum atomic E-state index is -0.432. The van der Waals surface area contributed by atoms with Gasteiger partial charge in [0.1, 0.15) is 11.6 Å². The van der Waals surface area contributed by atoms with Gasteiger partial charge in [-0.3, -0.25) is 14.5 Å². The van der Waals surface area contributed by atoms with Gasteiger partial charge in [-0.05, 0) is 31.2 Å². The fourth-order valence-corrected chi connectivity index (χ4v) is 3.84. The molecule has 0 bridgehead atoms. The fraction of sp³-hybridized carbons (Fsp3) is 0.333. The molecule has 152 valence electrons. The van der Waals surface area contributed by atoms with Crippen LogP contribution in [-0.2, 0) is 16.0 Å². The molecule has 1 fully saturated rings. The highest BCUT2D eigenvalue weighted by Gasteiger charge is 2.26. The van der Waals surface area contributed by atoms with E-state index in [0.29, 0.717) is 31.1 Å². The number of ether oxygens (including phenoxy) is 1. The van der Waals surface area contributed by atoms with Crippen LogP contribution in [0.2, 0.25) is 5.02 Å². The van der Waals surface area contributed by atoms with Crippen molar-refractivity contribution >= 4 is 34.9 Å². The lowest BCUT2D eigenvalue weighted by molar-refractivity contribution is -0.131. The van der Waals surface area contributed by atoms with Gasteiger partial charge in [0.05, 0.1) is 18.0 Å². The van der Waals surface area contributed by atoms with Crippen LogP contribution in [0.25, 0.3) is 0 Å². The molecular formula is C21H21ClFN3O3. The van der Waals surface area contributed by atoms with E-state index in [4.69, 9.17) is 16.3 Å². The molecule has 1 atom stereocenters. The van der Waals surface area contributed by atoms with Crippen LogP contribution >= 0.6 is 11.6 Å². The van der Waals surface area contributed by atoms with Crippen LogP contribution in [0.15, 0.2) is 36.4 Å². The third-order valence-corrected chi connectivity index (χ3v) is 5.60. The van der Waals surface area contributed by atoms with E-state index < -0.39 is 5.82 Å². The molecule has 1 amide bonds. The SMILES string of the molecule is C[C@@H]1CN(c2ccc(Cl)c(F)c2)CCN1CC(=O)Nc1ccc2c(c1)OC(=O)C2. The van der Waals surface area contributed by atoms with Gasteiger partial charge in [-0.2, -0.15) is 0 Å². The molecule has 2 aliphatic heterocycles. The lowest BCUT2D eigenvalue weighted by atomic mass is 10.1. The molecule has 29 heavy (non-hydrogen) atoms. The topological polar surface area (TPSA) is 61.9 Å². The lowest BCUT2D eigenvalue weighted by Crippen LogP contribution is -2.53. The lowest BCUT2D eigenvalue weighted by Gasteiger charge is -2.40. The summed E-state index contributed by atoms with van der Waals surface area (Å²) in [5.74, 6) is -0.341. The molecule has 0 saturated carbocycles. The molecule has 0 radical (unpaired) electrons. The number of halogens is 2. The minimum absolute atomic E-state index is 0.110. The fourth-order valence-electron chi connectivity index (χ4n) is 3.72. The molecule has 0 unspecified atom stereocenters.